The van der Waals surface area contributed by atoms with Crippen LogP contribution in [0.4, 0.5) is 0 Å². The van der Waals surface area contributed by atoms with Crippen LogP contribution in [0.25, 0.3) is 0 Å². The van der Waals surface area contributed by atoms with Gasteiger partial charge in [-0.1, -0.05) is 32.0 Å². The average molecular weight is 310 g/mol. The van der Waals surface area contributed by atoms with Crippen molar-refractivity contribution in [2.45, 2.75) is 39.5 Å². The van der Waals surface area contributed by atoms with Gasteiger partial charge in [-0.2, -0.15) is 11.8 Å². The smallest absolute Gasteiger partial charge is 0.122 e. The van der Waals surface area contributed by atoms with Gasteiger partial charge in [0, 0.05) is 0 Å². The summed E-state index contributed by atoms with van der Waals surface area (Å²) in [6, 6.07) is 8.43. The van der Waals surface area contributed by atoms with Crippen molar-refractivity contribution in [1.82, 2.24) is 5.32 Å². The van der Waals surface area contributed by atoms with Crippen LogP contribution in [0.5, 0.6) is 5.75 Å². The molecule has 21 heavy (non-hydrogen) atoms. The van der Waals surface area contributed by atoms with Crippen LogP contribution < -0.4 is 10.1 Å². The fraction of sp³-hybridized carbons (Fsp3) is 0.667. The van der Waals surface area contributed by atoms with Gasteiger partial charge in [-0.05, 0) is 67.8 Å². The molecule has 1 aromatic rings. The van der Waals surface area contributed by atoms with E-state index in [-0.39, 0.29) is 0 Å². The zero-order valence-electron chi connectivity index (χ0n) is 13.9. The maximum Gasteiger partial charge on any atom is 0.122 e. The number of nitrogens with one attached hydrogen (secondary N) is 1. The minimum Gasteiger partial charge on any atom is -0.496 e. The molecule has 120 valence electrons. The molecule has 0 fully saturated rings. The van der Waals surface area contributed by atoms with Crippen molar-refractivity contribution in [3.63, 3.8) is 0 Å². The molecule has 0 heterocycles. The van der Waals surface area contributed by atoms with E-state index in [9.17, 15) is 0 Å². The number of para-hydroxylation sites is 1. The monoisotopic (exact) mass is 309 g/mol. The van der Waals surface area contributed by atoms with Gasteiger partial charge in [-0.3, -0.25) is 0 Å². The summed E-state index contributed by atoms with van der Waals surface area (Å²) in [5.74, 6) is 4.24. The molecule has 0 aliphatic rings. The first kappa shape index (κ1) is 18.4. The first-order valence-corrected chi connectivity index (χ1v) is 9.37. The first-order valence-electron chi connectivity index (χ1n) is 8.22. The fourth-order valence-electron chi connectivity index (χ4n) is 2.56. The Balaban J connectivity index is 2.53. The lowest BCUT2D eigenvalue weighted by Gasteiger charge is -2.19. The molecule has 1 N–H and O–H groups in total. The molecule has 1 unspecified atom stereocenters. The Bertz CT molecular complexity index is 370. The summed E-state index contributed by atoms with van der Waals surface area (Å²) in [6.45, 7) is 6.69. The van der Waals surface area contributed by atoms with Gasteiger partial charge < -0.3 is 10.1 Å². The summed E-state index contributed by atoms with van der Waals surface area (Å²) in [4.78, 5) is 0. The van der Waals surface area contributed by atoms with Crippen LogP contribution in [0.3, 0.4) is 0 Å². The molecule has 3 heteroatoms. The van der Waals surface area contributed by atoms with Crippen LogP contribution in [-0.4, -0.2) is 31.7 Å². The molecular weight excluding hydrogens is 278 g/mol. The molecule has 0 aliphatic carbocycles. The highest BCUT2D eigenvalue weighted by atomic mass is 32.2. The van der Waals surface area contributed by atoms with Crippen molar-refractivity contribution < 1.29 is 4.74 Å². The Hall–Kier alpha value is -0.670. The van der Waals surface area contributed by atoms with E-state index in [0.29, 0.717) is 5.92 Å². The molecule has 0 radical (unpaired) electrons. The molecule has 1 atom stereocenters. The van der Waals surface area contributed by atoms with Gasteiger partial charge in [-0.15, -0.1) is 0 Å². The highest BCUT2D eigenvalue weighted by Crippen LogP contribution is 2.23. The Morgan fingerprint density at radius 1 is 1.24 bits per heavy atom. The quantitative estimate of drug-likeness (QED) is 0.579. The minimum absolute atomic E-state index is 0.699. The highest BCUT2D eigenvalue weighted by Gasteiger charge is 2.12. The van der Waals surface area contributed by atoms with Crippen molar-refractivity contribution in [1.29, 1.82) is 0 Å². The standard InChI is InChI=1S/C18H31NOS/c1-4-12-19-15-16(9-8-13-21-5-2)14-17-10-6-7-11-18(17)20-3/h6-7,10-11,16,19H,4-5,8-9,12-15H2,1-3H3. The molecule has 0 aromatic heterocycles. The topological polar surface area (TPSA) is 21.3 Å². The third-order valence-electron chi connectivity index (χ3n) is 3.67. The Morgan fingerprint density at radius 3 is 2.76 bits per heavy atom. The van der Waals surface area contributed by atoms with Crippen LogP contribution in [0, 0.1) is 5.92 Å². The van der Waals surface area contributed by atoms with Crippen LogP contribution in [-0.2, 0) is 6.42 Å². The maximum atomic E-state index is 5.49. The third-order valence-corrected chi connectivity index (χ3v) is 4.65. The predicted octanol–water partition coefficient (Wildman–Crippen LogP) is 4.39. The number of thioether (sulfide) groups is 1. The Morgan fingerprint density at radius 2 is 2.05 bits per heavy atom. The van der Waals surface area contributed by atoms with Crippen LogP contribution in [0.2, 0.25) is 0 Å². The SMILES string of the molecule is CCCNCC(CCCSCC)Cc1ccccc1OC. The second-order valence-corrected chi connectivity index (χ2v) is 6.82. The van der Waals surface area contributed by atoms with Gasteiger partial charge in [0.05, 0.1) is 7.11 Å². The molecule has 1 aromatic carbocycles. The normalized spacial score (nSPS) is 12.3. The van der Waals surface area contributed by atoms with E-state index >= 15 is 0 Å². The predicted molar refractivity (Wildman–Crippen MR) is 95.6 cm³/mol. The molecule has 0 amide bonds. The average Bonchev–Trinajstić information content (AvgIpc) is 2.52. The number of rotatable bonds is 12. The van der Waals surface area contributed by atoms with Crippen molar-refractivity contribution >= 4 is 11.8 Å². The van der Waals surface area contributed by atoms with Gasteiger partial charge in [0.2, 0.25) is 0 Å². The second kappa shape index (κ2) is 11.9. The van der Waals surface area contributed by atoms with E-state index in [1.165, 1.54) is 36.3 Å². The van der Waals surface area contributed by atoms with Gasteiger partial charge in [-0.25, -0.2) is 0 Å². The molecule has 2 nitrogen and oxygen atoms in total. The Labute approximate surface area is 135 Å². The first-order chi connectivity index (χ1) is 10.3. The molecule has 0 bridgehead atoms. The molecule has 0 saturated heterocycles. The number of hydrogen-bond donors (Lipinski definition) is 1. The van der Waals surface area contributed by atoms with E-state index in [1.54, 1.807) is 7.11 Å². The summed E-state index contributed by atoms with van der Waals surface area (Å²) in [6.07, 6.45) is 4.92. The molecule has 0 aliphatic heterocycles. The van der Waals surface area contributed by atoms with Gasteiger partial charge in [0.25, 0.3) is 0 Å². The highest BCUT2D eigenvalue weighted by molar-refractivity contribution is 7.99. The van der Waals surface area contributed by atoms with Gasteiger partial charge >= 0.3 is 0 Å². The van der Waals surface area contributed by atoms with Crippen molar-refractivity contribution in [3.8, 4) is 5.75 Å². The number of methoxy groups -OCH3 is 1. The van der Waals surface area contributed by atoms with Crippen molar-refractivity contribution in [3.05, 3.63) is 29.8 Å². The lowest BCUT2D eigenvalue weighted by atomic mass is 9.94. The molecule has 0 saturated carbocycles. The fourth-order valence-corrected chi connectivity index (χ4v) is 3.22. The molecule has 1 rings (SSSR count). The number of hydrogen-bond acceptors (Lipinski definition) is 3. The van der Waals surface area contributed by atoms with Crippen LogP contribution >= 0.6 is 11.8 Å². The van der Waals surface area contributed by atoms with Crippen molar-refractivity contribution in [2.75, 3.05) is 31.7 Å². The lowest BCUT2D eigenvalue weighted by Crippen LogP contribution is -2.25. The van der Waals surface area contributed by atoms with Gasteiger partial charge in [0.1, 0.15) is 5.75 Å². The molecular formula is C18H31NOS. The number of ether oxygens (including phenoxy) is 1. The van der Waals surface area contributed by atoms with Crippen molar-refractivity contribution in [2.24, 2.45) is 5.92 Å². The van der Waals surface area contributed by atoms with Crippen LogP contribution in [0.1, 0.15) is 38.7 Å². The van der Waals surface area contributed by atoms with Crippen LogP contribution in [0.15, 0.2) is 24.3 Å². The number of benzene rings is 1. The summed E-state index contributed by atoms with van der Waals surface area (Å²) < 4.78 is 5.49. The molecule has 0 spiro atoms. The Kier molecular flexibility index (Phi) is 10.4. The van der Waals surface area contributed by atoms with E-state index in [4.69, 9.17) is 4.74 Å². The van der Waals surface area contributed by atoms with E-state index < -0.39 is 0 Å². The summed E-state index contributed by atoms with van der Waals surface area (Å²) in [7, 11) is 1.76. The zero-order valence-corrected chi connectivity index (χ0v) is 14.7. The van der Waals surface area contributed by atoms with Gasteiger partial charge in [0.15, 0.2) is 0 Å². The maximum absolute atomic E-state index is 5.49. The van der Waals surface area contributed by atoms with E-state index in [0.717, 1.165) is 25.3 Å². The lowest BCUT2D eigenvalue weighted by molar-refractivity contribution is 0.395. The summed E-state index contributed by atoms with van der Waals surface area (Å²) in [5, 5.41) is 3.59. The largest absolute Gasteiger partial charge is 0.496 e. The summed E-state index contributed by atoms with van der Waals surface area (Å²) >= 11 is 2.05. The van der Waals surface area contributed by atoms with E-state index in [1.807, 2.05) is 17.8 Å². The van der Waals surface area contributed by atoms with E-state index in [2.05, 4.69) is 37.4 Å². The zero-order chi connectivity index (χ0) is 15.3. The third kappa shape index (κ3) is 7.77. The minimum atomic E-state index is 0.699. The second-order valence-electron chi connectivity index (χ2n) is 5.43. The summed E-state index contributed by atoms with van der Waals surface area (Å²) in [5.41, 5.74) is 1.34.